The summed E-state index contributed by atoms with van der Waals surface area (Å²) in [5, 5.41) is 9.00. The van der Waals surface area contributed by atoms with Crippen LogP contribution in [-0.2, 0) is 11.2 Å². The maximum absolute atomic E-state index is 12.2. The van der Waals surface area contributed by atoms with Gasteiger partial charge in [-0.25, -0.2) is 0 Å². The second kappa shape index (κ2) is 9.97. The molecule has 3 rings (SSSR count). The van der Waals surface area contributed by atoms with Gasteiger partial charge in [-0.1, -0.05) is 17.8 Å². The zero-order valence-electron chi connectivity index (χ0n) is 16.6. The first kappa shape index (κ1) is 20.7. The van der Waals surface area contributed by atoms with Gasteiger partial charge in [0.15, 0.2) is 16.7 Å². The molecule has 0 N–H and O–H groups in total. The maximum atomic E-state index is 12.2. The lowest BCUT2D eigenvalue weighted by Gasteiger charge is -2.16. The number of hydrogen-bond acceptors (Lipinski definition) is 7. The largest absolute Gasteiger partial charge is 0.497 e. The van der Waals surface area contributed by atoms with Crippen LogP contribution in [0.3, 0.4) is 0 Å². The van der Waals surface area contributed by atoms with Crippen LogP contribution in [0.4, 0.5) is 0 Å². The molecule has 1 aliphatic rings. The predicted octanol–water partition coefficient (Wildman–Crippen LogP) is 3.22. The molecule has 0 bridgehead atoms. The fourth-order valence-electron chi connectivity index (χ4n) is 2.80. The van der Waals surface area contributed by atoms with E-state index in [1.807, 2.05) is 42.5 Å². The van der Waals surface area contributed by atoms with Crippen LogP contribution in [-0.4, -0.2) is 55.8 Å². The average molecular weight is 413 g/mol. The van der Waals surface area contributed by atoms with Crippen molar-refractivity contribution in [3.63, 3.8) is 0 Å². The fraction of sp³-hybridized carbons (Fsp3) is 0.286. The van der Waals surface area contributed by atoms with E-state index in [1.54, 1.807) is 32.4 Å². The smallest absolute Gasteiger partial charge is 0.239 e. The highest BCUT2D eigenvalue weighted by molar-refractivity contribution is 8.15. The highest BCUT2D eigenvalue weighted by Gasteiger charge is 2.28. The number of carbonyl (C=O) groups excluding carboxylic acids is 1. The summed E-state index contributed by atoms with van der Waals surface area (Å²) in [6, 6.07) is 13.3. The van der Waals surface area contributed by atoms with E-state index in [-0.39, 0.29) is 5.91 Å². The molecule has 29 heavy (non-hydrogen) atoms. The van der Waals surface area contributed by atoms with Gasteiger partial charge in [0, 0.05) is 6.54 Å². The monoisotopic (exact) mass is 413 g/mol. The topological polar surface area (TPSA) is 72.7 Å². The Labute approximate surface area is 174 Å². The summed E-state index contributed by atoms with van der Waals surface area (Å²) in [7, 11) is 4.83. The van der Waals surface area contributed by atoms with E-state index in [1.165, 1.54) is 11.8 Å². The van der Waals surface area contributed by atoms with Crippen LogP contribution < -0.4 is 14.2 Å². The van der Waals surface area contributed by atoms with Crippen LogP contribution in [0.25, 0.3) is 0 Å². The first-order valence-corrected chi connectivity index (χ1v) is 10.0. The molecular formula is C21H23N3O4S. The van der Waals surface area contributed by atoms with Gasteiger partial charge in [-0.2, -0.15) is 5.10 Å². The van der Waals surface area contributed by atoms with E-state index in [0.29, 0.717) is 35.4 Å². The second-order valence-electron chi connectivity index (χ2n) is 6.17. The Morgan fingerprint density at radius 1 is 1.03 bits per heavy atom. The van der Waals surface area contributed by atoms with Crippen molar-refractivity contribution in [3.8, 4) is 17.2 Å². The number of amidine groups is 1. The molecule has 1 aliphatic heterocycles. The summed E-state index contributed by atoms with van der Waals surface area (Å²) >= 11 is 1.40. The van der Waals surface area contributed by atoms with E-state index in [4.69, 9.17) is 14.2 Å². The van der Waals surface area contributed by atoms with Crippen molar-refractivity contribution < 1.29 is 19.0 Å². The Kier molecular flexibility index (Phi) is 7.13. The average Bonchev–Trinajstić information content (AvgIpc) is 3.11. The lowest BCUT2D eigenvalue weighted by molar-refractivity contribution is -0.124. The van der Waals surface area contributed by atoms with Crippen molar-refractivity contribution in [1.82, 2.24) is 4.90 Å². The standard InChI is InChI=1S/C21H23N3O4S/c1-26-17-7-4-16(5-8-17)13-22-23-21-24(20(25)14-29-21)11-10-15-6-9-18(27-2)19(12-15)28-3/h4-9,12-13H,10-11,14H2,1-3H3/b22-13+,23-21-. The molecule has 7 nitrogen and oxygen atoms in total. The van der Waals surface area contributed by atoms with Crippen LogP contribution in [0.5, 0.6) is 17.2 Å². The minimum absolute atomic E-state index is 0.0360. The van der Waals surface area contributed by atoms with Crippen LogP contribution in [0.1, 0.15) is 11.1 Å². The molecule has 0 spiro atoms. The van der Waals surface area contributed by atoms with Crippen molar-refractivity contribution >= 4 is 29.1 Å². The number of ether oxygens (including phenoxy) is 3. The Balaban J connectivity index is 1.65. The Hall–Kier alpha value is -3.00. The number of hydrogen-bond donors (Lipinski definition) is 0. The third-order valence-corrected chi connectivity index (χ3v) is 5.35. The number of methoxy groups -OCH3 is 3. The van der Waals surface area contributed by atoms with E-state index in [0.717, 1.165) is 16.9 Å². The van der Waals surface area contributed by atoms with Crippen molar-refractivity contribution in [1.29, 1.82) is 0 Å². The molecule has 0 unspecified atom stereocenters. The SMILES string of the molecule is COc1ccc(/C=N/N=C2\SCC(=O)N2CCc2ccc(OC)c(OC)c2)cc1. The van der Waals surface area contributed by atoms with Crippen molar-refractivity contribution in [2.75, 3.05) is 33.6 Å². The van der Waals surface area contributed by atoms with Crippen LogP contribution >= 0.6 is 11.8 Å². The van der Waals surface area contributed by atoms with Crippen molar-refractivity contribution in [3.05, 3.63) is 53.6 Å². The normalized spacial score (nSPS) is 15.3. The van der Waals surface area contributed by atoms with Gasteiger partial charge in [0.25, 0.3) is 0 Å². The molecule has 1 heterocycles. The minimum Gasteiger partial charge on any atom is -0.497 e. The van der Waals surface area contributed by atoms with Gasteiger partial charge in [0.1, 0.15) is 5.75 Å². The van der Waals surface area contributed by atoms with Gasteiger partial charge in [0.05, 0.1) is 33.3 Å². The molecule has 2 aromatic rings. The molecule has 2 aromatic carbocycles. The summed E-state index contributed by atoms with van der Waals surface area (Å²) in [4.78, 5) is 13.9. The third kappa shape index (κ3) is 5.29. The van der Waals surface area contributed by atoms with Crippen LogP contribution in [0, 0.1) is 0 Å². The molecule has 1 fully saturated rings. The Morgan fingerprint density at radius 2 is 1.79 bits per heavy atom. The van der Waals surface area contributed by atoms with Crippen LogP contribution in [0.15, 0.2) is 52.7 Å². The van der Waals surface area contributed by atoms with Gasteiger partial charge in [-0.3, -0.25) is 9.69 Å². The third-order valence-electron chi connectivity index (χ3n) is 4.39. The first-order valence-electron chi connectivity index (χ1n) is 9.03. The number of thioether (sulfide) groups is 1. The Morgan fingerprint density at radius 3 is 2.48 bits per heavy atom. The van der Waals surface area contributed by atoms with E-state index < -0.39 is 0 Å². The number of amides is 1. The molecular weight excluding hydrogens is 390 g/mol. The van der Waals surface area contributed by atoms with Gasteiger partial charge in [-0.15, -0.1) is 5.10 Å². The fourth-order valence-corrected chi connectivity index (χ4v) is 3.67. The van der Waals surface area contributed by atoms with E-state index in [2.05, 4.69) is 10.2 Å². The van der Waals surface area contributed by atoms with Gasteiger partial charge in [-0.05, 0) is 53.9 Å². The predicted molar refractivity (Wildman–Crippen MR) is 115 cm³/mol. The zero-order valence-corrected chi connectivity index (χ0v) is 17.4. The van der Waals surface area contributed by atoms with Crippen molar-refractivity contribution in [2.24, 2.45) is 10.2 Å². The molecule has 0 saturated carbocycles. The molecule has 0 radical (unpaired) electrons. The summed E-state index contributed by atoms with van der Waals surface area (Å²) in [6.07, 6.45) is 2.33. The molecule has 0 atom stereocenters. The number of rotatable bonds is 8. The number of carbonyl (C=O) groups is 1. The molecule has 0 aromatic heterocycles. The maximum Gasteiger partial charge on any atom is 0.239 e. The minimum atomic E-state index is 0.0360. The van der Waals surface area contributed by atoms with E-state index >= 15 is 0 Å². The van der Waals surface area contributed by atoms with Gasteiger partial charge >= 0.3 is 0 Å². The summed E-state index contributed by atoms with van der Waals surface area (Å²) in [6.45, 7) is 0.526. The molecule has 1 amide bonds. The molecule has 0 aliphatic carbocycles. The second-order valence-corrected chi connectivity index (χ2v) is 7.12. The lowest BCUT2D eigenvalue weighted by atomic mass is 10.1. The van der Waals surface area contributed by atoms with Crippen molar-refractivity contribution in [2.45, 2.75) is 6.42 Å². The Bertz CT molecular complexity index is 913. The van der Waals surface area contributed by atoms with Gasteiger partial charge in [0.2, 0.25) is 5.91 Å². The lowest BCUT2D eigenvalue weighted by Crippen LogP contribution is -2.31. The molecule has 152 valence electrons. The summed E-state index contributed by atoms with van der Waals surface area (Å²) in [5.41, 5.74) is 1.95. The quantitative estimate of drug-likeness (QED) is 0.491. The summed E-state index contributed by atoms with van der Waals surface area (Å²) < 4.78 is 15.7. The van der Waals surface area contributed by atoms with Gasteiger partial charge < -0.3 is 14.2 Å². The zero-order chi connectivity index (χ0) is 20.6. The van der Waals surface area contributed by atoms with Crippen LogP contribution in [0.2, 0.25) is 0 Å². The first-order chi connectivity index (χ1) is 14.1. The molecule has 1 saturated heterocycles. The highest BCUT2D eigenvalue weighted by atomic mass is 32.2. The number of benzene rings is 2. The molecule has 8 heteroatoms. The van der Waals surface area contributed by atoms with E-state index in [9.17, 15) is 4.79 Å². The highest BCUT2D eigenvalue weighted by Crippen LogP contribution is 2.28. The number of nitrogens with zero attached hydrogens (tertiary/aromatic N) is 3. The summed E-state index contributed by atoms with van der Waals surface area (Å²) in [5.74, 6) is 2.55.